The SMILES string of the molecule is CCOC(=O)NC1CCCN(Cn2ncn(C(C)C)c2=S)C1. The van der Waals surface area contributed by atoms with Crippen molar-refractivity contribution in [3.8, 4) is 0 Å². The van der Waals surface area contributed by atoms with Gasteiger partial charge >= 0.3 is 6.09 Å². The van der Waals surface area contributed by atoms with Crippen molar-refractivity contribution >= 4 is 18.3 Å². The number of ether oxygens (including phenoxy) is 1. The van der Waals surface area contributed by atoms with Crippen LogP contribution in [0.15, 0.2) is 6.33 Å². The number of carbonyl (C=O) groups excluding carboxylic acids is 1. The van der Waals surface area contributed by atoms with Crippen LogP contribution in [0.5, 0.6) is 0 Å². The highest BCUT2D eigenvalue weighted by molar-refractivity contribution is 7.71. The number of alkyl carbamates (subject to hydrolysis) is 1. The first kappa shape index (κ1) is 17.0. The monoisotopic (exact) mass is 327 g/mol. The zero-order valence-corrected chi connectivity index (χ0v) is 14.3. The molecule has 1 aromatic heterocycles. The van der Waals surface area contributed by atoms with Gasteiger partial charge in [-0.15, -0.1) is 0 Å². The molecule has 1 atom stereocenters. The molecule has 1 N–H and O–H groups in total. The Hall–Kier alpha value is -1.41. The van der Waals surface area contributed by atoms with Crippen LogP contribution in [0.2, 0.25) is 0 Å². The zero-order valence-electron chi connectivity index (χ0n) is 13.5. The molecule has 1 aliphatic heterocycles. The van der Waals surface area contributed by atoms with E-state index in [9.17, 15) is 4.79 Å². The van der Waals surface area contributed by atoms with Gasteiger partial charge in [0.2, 0.25) is 0 Å². The molecule has 0 bridgehead atoms. The molecule has 124 valence electrons. The van der Waals surface area contributed by atoms with Gasteiger partial charge in [0, 0.05) is 25.2 Å². The summed E-state index contributed by atoms with van der Waals surface area (Å²) in [6.45, 7) is 8.79. The minimum atomic E-state index is -0.338. The number of amides is 1. The first-order chi connectivity index (χ1) is 10.5. The maximum atomic E-state index is 11.5. The largest absolute Gasteiger partial charge is 0.450 e. The third kappa shape index (κ3) is 4.30. The predicted molar refractivity (Wildman–Crippen MR) is 86.2 cm³/mol. The first-order valence-corrected chi connectivity index (χ1v) is 8.21. The average Bonchev–Trinajstić information content (AvgIpc) is 2.81. The second-order valence-corrected chi connectivity index (χ2v) is 6.20. The molecule has 0 radical (unpaired) electrons. The molecule has 1 aliphatic rings. The number of rotatable bonds is 5. The molecule has 0 aliphatic carbocycles. The third-order valence-electron chi connectivity index (χ3n) is 3.75. The average molecular weight is 327 g/mol. The number of nitrogens with zero attached hydrogens (tertiary/aromatic N) is 4. The number of likely N-dealkylation sites (tertiary alicyclic amines) is 1. The molecule has 2 heterocycles. The Kier molecular flexibility index (Phi) is 5.96. The van der Waals surface area contributed by atoms with Crippen LogP contribution < -0.4 is 5.32 Å². The van der Waals surface area contributed by atoms with Gasteiger partial charge in [0.1, 0.15) is 6.33 Å². The van der Waals surface area contributed by atoms with Gasteiger partial charge in [-0.2, -0.15) is 5.10 Å². The van der Waals surface area contributed by atoms with Crippen molar-refractivity contribution in [1.29, 1.82) is 0 Å². The zero-order chi connectivity index (χ0) is 16.1. The Morgan fingerprint density at radius 2 is 2.36 bits per heavy atom. The van der Waals surface area contributed by atoms with Crippen LogP contribution in [0.3, 0.4) is 0 Å². The van der Waals surface area contributed by atoms with Gasteiger partial charge in [-0.1, -0.05) is 0 Å². The number of nitrogens with one attached hydrogen (secondary N) is 1. The van der Waals surface area contributed by atoms with Crippen molar-refractivity contribution in [2.45, 2.75) is 52.4 Å². The lowest BCUT2D eigenvalue weighted by atomic mass is 10.1. The number of piperidine rings is 1. The van der Waals surface area contributed by atoms with Crippen LogP contribution in [0.25, 0.3) is 0 Å². The van der Waals surface area contributed by atoms with Crippen molar-refractivity contribution in [2.75, 3.05) is 19.7 Å². The van der Waals surface area contributed by atoms with Crippen molar-refractivity contribution in [1.82, 2.24) is 24.6 Å². The second kappa shape index (κ2) is 7.73. The van der Waals surface area contributed by atoms with Gasteiger partial charge in [0.15, 0.2) is 4.77 Å². The van der Waals surface area contributed by atoms with E-state index in [1.165, 1.54) is 0 Å². The molecule has 1 fully saturated rings. The summed E-state index contributed by atoms with van der Waals surface area (Å²) in [7, 11) is 0. The van der Waals surface area contributed by atoms with Gasteiger partial charge in [-0.3, -0.25) is 4.90 Å². The van der Waals surface area contributed by atoms with Crippen molar-refractivity contribution < 1.29 is 9.53 Å². The van der Waals surface area contributed by atoms with E-state index in [0.717, 1.165) is 30.7 Å². The molecule has 1 saturated heterocycles. The number of hydrogen-bond donors (Lipinski definition) is 1. The van der Waals surface area contributed by atoms with Gasteiger partial charge < -0.3 is 14.6 Å². The van der Waals surface area contributed by atoms with Crippen LogP contribution in [0.4, 0.5) is 4.79 Å². The van der Waals surface area contributed by atoms with Gasteiger partial charge in [-0.05, 0) is 45.8 Å². The quantitative estimate of drug-likeness (QED) is 0.840. The Morgan fingerprint density at radius 3 is 3.00 bits per heavy atom. The number of aromatic nitrogens is 3. The lowest BCUT2D eigenvalue weighted by Crippen LogP contribution is -2.48. The number of carbonyl (C=O) groups is 1. The summed E-state index contributed by atoms with van der Waals surface area (Å²) in [5.74, 6) is 0. The summed E-state index contributed by atoms with van der Waals surface area (Å²) in [5, 5.41) is 7.28. The highest BCUT2D eigenvalue weighted by Gasteiger charge is 2.22. The number of hydrogen-bond acceptors (Lipinski definition) is 5. The Bertz CT molecular complexity index is 554. The first-order valence-electron chi connectivity index (χ1n) is 7.80. The van der Waals surface area contributed by atoms with E-state index < -0.39 is 0 Å². The highest BCUT2D eigenvalue weighted by atomic mass is 32.1. The van der Waals surface area contributed by atoms with Gasteiger partial charge in [0.05, 0.1) is 13.3 Å². The molecular weight excluding hydrogens is 302 g/mol. The van der Waals surface area contributed by atoms with Crippen LogP contribution >= 0.6 is 12.2 Å². The lowest BCUT2D eigenvalue weighted by molar-refractivity contribution is 0.121. The van der Waals surface area contributed by atoms with Crippen molar-refractivity contribution in [3.63, 3.8) is 0 Å². The maximum Gasteiger partial charge on any atom is 0.407 e. The summed E-state index contributed by atoms with van der Waals surface area (Å²) in [6, 6.07) is 0.426. The molecule has 1 aromatic rings. The van der Waals surface area contributed by atoms with E-state index in [1.807, 2.05) is 9.25 Å². The van der Waals surface area contributed by atoms with E-state index >= 15 is 0 Å². The molecule has 0 spiro atoms. The molecule has 1 unspecified atom stereocenters. The minimum Gasteiger partial charge on any atom is -0.450 e. The molecule has 0 aromatic carbocycles. The summed E-state index contributed by atoms with van der Waals surface area (Å²) in [4.78, 5) is 13.8. The smallest absolute Gasteiger partial charge is 0.407 e. The highest BCUT2D eigenvalue weighted by Crippen LogP contribution is 2.12. The molecule has 0 saturated carbocycles. The van der Waals surface area contributed by atoms with Crippen LogP contribution in [0.1, 0.15) is 39.7 Å². The molecule has 1 amide bonds. The Labute approximate surface area is 136 Å². The third-order valence-corrected chi connectivity index (χ3v) is 4.17. The predicted octanol–water partition coefficient (Wildman–Crippen LogP) is 2.16. The Morgan fingerprint density at radius 1 is 1.59 bits per heavy atom. The summed E-state index contributed by atoms with van der Waals surface area (Å²) in [5.41, 5.74) is 0. The van der Waals surface area contributed by atoms with Crippen LogP contribution in [-0.2, 0) is 11.4 Å². The van der Waals surface area contributed by atoms with Gasteiger partial charge in [-0.25, -0.2) is 9.48 Å². The normalized spacial score (nSPS) is 19.4. The molecule has 8 heteroatoms. The second-order valence-electron chi connectivity index (χ2n) is 5.84. The lowest BCUT2D eigenvalue weighted by Gasteiger charge is -2.32. The van der Waals surface area contributed by atoms with E-state index in [2.05, 4.69) is 29.2 Å². The summed E-state index contributed by atoms with van der Waals surface area (Å²) in [6.07, 6.45) is 3.46. The van der Waals surface area contributed by atoms with E-state index in [4.69, 9.17) is 17.0 Å². The standard InChI is InChI=1S/C14H25N5O2S/c1-4-21-13(20)16-12-6-5-7-17(8-12)10-19-14(22)18(9-15-19)11(2)3/h9,11-12H,4-8,10H2,1-3H3,(H,16,20). The van der Waals surface area contributed by atoms with Crippen LogP contribution in [-0.4, -0.2) is 51.1 Å². The van der Waals surface area contributed by atoms with E-state index in [1.54, 1.807) is 13.3 Å². The van der Waals surface area contributed by atoms with E-state index in [0.29, 0.717) is 19.3 Å². The van der Waals surface area contributed by atoms with E-state index in [-0.39, 0.29) is 12.1 Å². The van der Waals surface area contributed by atoms with Crippen molar-refractivity contribution in [2.24, 2.45) is 0 Å². The van der Waals surface area contributed by atoms with Crippen molar-refractivity contribution in [3.05, 3.63) is 11.1 Å². The minimum absolute atomic E-state index is 0.120. The molecule has 22 heavy (non-hydrogen) atoms. The summed E-state index contributed by atoms with van der Waals surface area (Å²) < 4.78 is 9.49. The topological polar surface area (TPSA) is 64.3 Å². The fraction of sp³-hybridized carbons (Fsp3) is 0.786. The maximum absolute atomic E-state index is 11.5. The Balaban J connectivity index is 1.93. The fourth-order valence-corrected chi connectivity index (χ4v) is 2.99. The van der Waals surface area contributed by atoms with Gasteiger partial charge in [0.25, 0.3) is 0 Å². The molecule has 2 rings (SSSR count). The van der Waals surface area contributed by atoms with Crippen LogP contribution in [0, 0.1) is 4.77 Å². The molecule has 7 nitrogen and oxygen atoms in total. The summed E-state index contributed by atoms with van der Waals surface area (Å²) >= 11 is 5.45. The fourth-order valence-electron chi connectivity index (χ4n) is 2.63. The molecular formula is C14H25N5O2S.